The third-order valence-corrected chi connectivity index (χ3v) is 2.99. The van der Waals surface area contributed by atoms with E-state index >= 15 is 0 Å². The standard InChI is InChI=1S/C13H19IO/c1-10(2)5-4-8-15-13-7-6-12(14)9-11(13)3/h6-7,9-10H,4-5,8H2,1-3H3. The van der Waals surface area contributed by atoms with E-state index in [1.807, 2.05) is 0 Å². The quantitative estimate of drug-likeness (QED) is 0.577. The number of aryl methyl sites for hydroxylation is 1. The summed E-state index contributed by atoms with van der Waals surface area (Å²) in [5, 5.41) is 0. The first-order valence-electron chi connectivity index (χ1n) is 5.48. The van der Waals surface area contributed by atoms with Gasteiger partial charge in [-0.2, -0.15) is 0 Å². The van der Waals surface area contributed by atoms with Crippen LogP contribution >= 0.6 is 22.6 Å². The monoisotopic (exact) mass is 318 g/mol. The van der Waals surface area contributed by atoms with E-state index in [0.717, 1.165) is 24.7 Å². The predicted molar refractivity (Wildman–Crippen MR) is 73.5 cm³/mol. The van der Waals surface area contributed by atoms with E-state index in [0.29, 0.717) is 0 Å². The van der Waals surface area contributed by atoms with E-state index in [1.54, 1.807) is 0 Å². The molecule has 0 aliphatic carbocycles. The lowest BCUT2D eigenvalue weighted by Crippen LogP contribution is -2.00. The smallest absolute Gasteiger partial charge is 0.122 e. The molecule has 0 saturated heterocycles. The van der Waals surface area contributed by atoms with Gasteiger partial charge in [0.1, 0.15) is 5.75 Å². The minimum atomic E-state index is 0.770. The lowest BCUT2D eigenvalue weighted by Gasteiger charge is -2.10. The van der Waals surface area contributed by atoms with Gasteiger partial charge in [-0.15, -0.1) is 0 Å². The molecule has 0 atom stereocenters. The Bertz CT molecular complexity index is 307. The zero-order valence-electron chi connectivity index (χ0n) is 9.72. The van der Waals surface area contributed by atoms with Crippen molar-refractivity contribution in [2.75, 3.05) is 6.61 Å². The van der Waals surface area contributed by atoms with Crippen LogP contribution in [0.5, 0.6) is 5.75 Å². The lowest BCUT2D eigenvalue weighted by atomic mass is 10.1. The van der Waals surface area contributed by atoms with Crippen LogP contribution in [0.2, 0.25) is 0 Å². The summed E-state index contributed by atoms with van der Waals surface area (Å²) in [5.41, 5.74) is 1.23. The molecule has 0 amide bonds. The number of ether oxygens (including phenoxy) is 1. The molecule has 84 valence electrons. The summed E-state index contributed by atoms with van der Waals surface area (Å²) in [6, 6.07) is 6.30. The summed E-state index contributed by atoms with van der Waals surface area (Å²) in [4.78, 5) is 0. The van der Waals surface area contributed by atoms with E-state index in [1.165, 1.54) is 15.6 Å². The van der Waals surface area contributed by atoms with Crippen molar-refractivity contribution in [3.8, 4) is 5.75 Å². The van der Waals surface area contributed by atoms with Crippen LogP contribution in [0.4, 0.5) is 0 Å². The Morgan fingerprint density at radius 3 is 2.67 bits per heavy atom. The van der Waals surface area contributed by atoms with Crippen molar-refractivity contribution in [1.29, 1.82) is 0 Å². The zero-order valence-corrected chi connectivity index (χ0v) is 11.9. The van der Waals surface area contributed by atoms with Gasteiger partial charge in [0.2, 0.25) is 0 Å². The van der Waals surface area contributed by atoms with Crippen LogP contribution in [0.15, 0.2) is 18.2 Å². The molecular formula is C13H19IO. The van der Waals surface area contributed by atoms with Crippen molar-refractivity contribution in [2.24, 2.45) is 5.92 Å². The molecule has 0 radical (unpaired) electrons. The molecule has 0 saturated carbocycles. The maximum atomic E-state index is 5.74. The van der Waals surface area contributed by atoms with Crippen LogP contribution in [0, 0.1) is 16.4 Å². The second kappa shape index (κ2) is 6.36. The van der Waals surface area contributed by atoms with Crippen molar-refractivity contribution in [3.05, 3.63) is 27.3 Å². The number of hydrogen-bond acceptors (Lipinski definition) is 1. The molecule has 1 aromatic rings. The van der Waals surface area contributed by atoms with Gasteiger partial charge in [0.25, 0.3) is 0 Å². The van der Waals surface area contributed by atoms with E-state index in [2.05, 4.69) is 61.6 Å². The van der Waals surface area contributed by atoms with Crippen molar-refractivity contribution in [2.45, 2.75) is 33.6 Å². The van der Waals surface area contributed by atoms with E-state index < -0.39 is 0 Å². The SMILES string of the molecule is Cc1cc(I)ccc1OCCCC(C)C. The Hall–Kier alpha value is -0.250. The summed E-state index contributed by atoms with van der Waals surface area (Å²) < 4.78 is 7.00. The van der Waals surface area contributed by atoms with Gasteiger partial charge in [-0.05, 0) is 72.0 Å². The van der Waals surface area contributed by atoms with Gasteiger partial charge in [-0.1, -0.05) is 13.8 Å². The van der Waals surface area contributed by atoms with Crippen molar-refractivity contribution in [1.82, 2.24) is 0 Å². The fourth-order valence-corrected chi connectivity index (χ4v) is 2.10. The van der Waals surface area contributed by atoms with Crippen molar-refractivity contribution in [3.63, 3.8) is 0 Å². The lowest BCUT2D eigenvalue weighted by molar-refractivity contribution is 0.296. The predicted octanol–water partition coefficient (Wildman–Crippen LogP) is 4.41. The first kappa shape index (κ1) is 12.8. The molecule has 1 aromatic carbocycles. The molecule has 0 N–H and O–H groups in total. The topological polar surface area (TPSA) is 9.23 Å². The van der Waals surface area contributed by atoms with Gasteiger partial charge >= 0.3 is 0 Å². The highest BCUT2D eigenvalue weighted by atomic mass is 127. The highest BCUT2D eigenvalue weighted by Gasteiger charge is 2.00. The Balaban J connectivity index is 2.37. The van der Waals surface area contributed by atoms with Crippen LogP contribution in [0.25, 0.3) is 0 Å². The molecule has 0 bridgehead atoms. The molecule has 1 rings (SSSR count). The molecule has 0 fully saturated rings. The Labute approximate surface area is 106 Å². The number of halogens is 1. The van der Waals surface area contributed by atoms with E-state index in [-0.39, 0.29) is 0 Å². The fraction of sp³-hybridized carbons (Fsp3) is 0.538. The normalized spacial score (nSPS) is 10.7. The molecule has 0 aromatic heterocycles. The van der Waals surface area contributed by atoms with Gasteiger partial charge < -0.3 is 4.74 Å². The summed E-state index contributed by atoms with van der Waals surface area (Å²) in [6.07, 6.45) is 2.38. The molecule has 0 aliphatic rings. The van der Waals surface area contributed by atoms with E-state index in [9.17, 15) is 0 Å². The van der Waals surface area contributed by atoms with E-state index in [4.69, 9.17) is 4.74 Å². The largest absolute Gasteiger partial charge is 0.493 e. The minimum Gasteiger partial charge on any atom is -0.493 e. The van der Waals surface area contributed by atoms with Crippen LogP contribution in [-0.4, -0.2) is 6.61 Å². The summed E-state index contributed by atoms with van der Waals surface area (Å²) in [6.45, 7) is 7.42. The number of benzene rings is 1. The van der Waals surface area contributed by atoms with Gasteiger partial charge in [0, 0.05) is 3.57 Å². The summed E-state index contributed by atoms with van der Waals surface area (Å²) in [7, 11) is 0. The molecule has 0 unspecified atom stereocenters. The minimum absolute atomic E-state index is 0.770. The summed E-state index contributed by atoms with van der Waals surface area (Å²) >= 11 is 2.32. The van der Waals surface area contributed by atoms with Crippen LogP contribution < -0.4 is 4.74 Å². The fourth-order valence-electron chi connectivity index (χ4n) is 1.45. The Morgan fingerprint density at radius 1 is 1.33 bits per heavy atom. The average molecular weight is 318 g/mol. The Kier molecular flexibility index (Phi) is 5.43. The van der Waals surface area contributed by atoms with Crippen molar-refractivity contribution < 1.29 is 4.74 Å². The molecule has 0 aliphatic heterocycles. The molecular weight excluding hydrogens is 299 g/mol. The summed E-state index contributed by atoms with van der Waals surface area (Å²) in [5.74, 6) is 1.80. The van der Waals surface area contributed by atoms with Crippen LogP contribution in [0.3, 0.4) is 0 Å². The molecule has 1 nitrogen and oxygen atoms in total. The molecule has 0 heterocycles. The highest BCUT2D eigenvalue weighted by molar-refractivity contribution is 14.1. The highest BCUT2D eigenvalue weighted by Crippen LogP contribution is 2.20. The number of hydrogen-bond donors (Lipinski definition) is 0. The third kappa shape index (κ3) is 4.87. The molecule has 2 heteroatoms. The van der Waals surface area contributed by atoms with Gasteiger partial charge in [0.05, 0.1) is 6.61 Å². The van der Waals surface area contributed by atoms with Gasteiger partial charge in [-0.25, -0.2) is 0 Å². The number of rotatable bonds is 5. The van der Waals surface area contributed by atoms with Gasteiger partial charge in [-0.3, -0.25) is 0 Å². The first-order chi connectivity index (χ1) is 7.09. The van der Waals surface area contributed by atoms with Gasteiger partial charge in [0.15, 0.2) is 0 Å². The van der Waals surface area contributed by atoms with Crippen LogP contribution in [-0.2, 0) is 0 Å². The van der Waals surface area contributed by atoms with Crippen LogP contribution in [0.1, 0.15) is 32.3 Å². The second-order valence-electron chi connectivity index (χ2n) is 4.29. The average Bonchev–Trinajstić information content (AvgIpc) is 2.14. The van der Waals surface area contributed by atoms with Crippen molar-refractivity contribution >= 4 is 22.6 Å². The third-order valence-electron chi connectivity index (χ3n) is 2.32. The molecule has 15 heavy (non-hydrogen) atoms. The molecule has 0 spiro atoms. The first-order valence-corrected chi connectivity index (χ1v) is 6.56. The zero-order chi connectivity index (χ0) is 11.3. The Morgan fingerprint density at radius 2 is 2.07 bits per heavy atom. The second-order valence-corrected chi connectivity index (χ2v) is 5.54. The maximum Gasteiger partial charge on any atom is 0.122 e. The maximum absolute atomic E-state index is 5.74.